The number of halogens is 1. The summed E-state index contributed by atoms with van der Waals surface area (Å²) >= 11 is 6.23. The van der Waals surface area contributed by atoms with E-state index in [9.17, 15) is 13.2 Å². The Kier molecular flexibility index (Phi) is 7.51. The zero-order valence-electron chi connectivity index (χ0n) is 18.2. The minimum Gasteiger partial charge on any atom is -0.352 e. The number of hydrogen-bond acceptors (Lipinski definition) is 4. The quantitative estimate of drug-likeness (QED) is 0.620. The molecule has 0 radical (unpaired) electrons. The molecule has 2 heterocycles. The summed E-state index contributed by atoms with van der Waals surface area (Å²) in [7, 11) is -3.61. The molecule has 8 heteroatoms. The molecular formula is C24H30ClN3O3S. The Hall–Kier alpha value is -1.93. The third-order valence-electron chi connectivity index (χ3n) is 6.28. The highest BCUT2D eigenvalue weighted by molar-refractivity contribution is 7.89. The SMILES string of the molecule is O=C(NCCCN1CCc2ccccc2C1)c1cc(S(=O)(=O)N2CCCCC2)ccc1Cl. The van der Waals surface area contributed by atoms with Gasteiger partial charge in [0.1, 0.15) is 0 Å². The molecule has 1 fully saturated rings. The molecule has 0 unspecified atom stereocenters. The molecule has 0 aromatic heterocycles. The normalized spacial score (nSPS) is 17.7. The van der Waals surface area contributed by atoms with Crippen molar-refractivity contribution in [3.63, 3.8) is 0 Å². The second-order valence-corrected chi connectivity index (χ2v) is 10.9. The second kappa shape index (κ2) is 10.3. The Balaban J connectivity index is 1.32. The number of hydrogen-bond donors (Lipinski definition) is 1. The molecule has 2 aliphatic rings. The van der Waals surface area contributed by atoms with E-state index < -0.39 is 10.0 Å². The van der Waals surface area contributed by atoms with Crippen LogP contribution in [0.2, 0.25) is 5.02 Å². The highest BCUT2D eigenvalue weighted by Crippen LogP contribution is 2.25. The first-order chi connectivity index (χ1) is 15.4. The lowest BCUT2D eigenvalue weighted by molar-refractivity contribution is 0.0951. The lowest BCUT2D eigenvalue weighted by Crippen LogP contribution is -2.36. The zero-order valence-corrected chi connectivity index (χ0v) is 19.8. The molecule has 1 N–H and O–H groups in total. The van der Waals surface area contributed by atoms with Crippen LogP contribution in [0, 0.1) is 0 Å². The van der Waals surface area contributed by atoms with Gasteiger partial charge in [0.25, 0.3) is 5.91 Å². The first kappa shape index (κ1) is 23.2. The van der Waals surface area contributed by atoms with Crippen molar-refractivity contribution < 1.29 is 13.2 Å². The van der Waals surface area contributed by atoms with Crippen LogP contribution in [0.5, 0.6) is 0 Å². The molecule has 4 rings (SSSR count). The van der Waals surface area contributed by atoms with E-state index in [2.05, 4.69) is 34.5 Å². The maximum Gasteiger partial charge on any atom is 0.252 e. The maximum atomic E-state index is 12.9. The summed E-state index contributed by atoms with van der Waals surface area (Å²) < 4.78 is 27.4. The molecule has 2 aromatic rings. The number of nitrogens with one attached hydrogen (secondary N) is 1. The van der Waals surface area contributed by atoms with Gasteiger partial charge >= 0.3 is 0 Å². The van der Waals surface area contributed by atoms with Crippen LogP contribution in [0.15, 0.2) is 47.4 Å². The molecule has 172 valence electrons. The van der Waals surface area contributed by atoms with E-state index in [0.717, 1.165) is 51.7 Å². The zero-order chi connectivity index (χ0) is 22.6. The van der Waals surface area contributed by atoms with Crippen molar-refractivity contribution in [3.8, 4) is 0 Å². The molecule has 0 bridgehead atoms. The molecule has 2 aromatic carbocycles. The summed E-state index contributed by atoms with van der Waals surface area (Å²) in [4.78, 5) is 15.2. The Morgan fingerprint density at radius 3 is 2.53 bits per heavy atom. The van der Waals surface area contributed by atoms with E-state index in [-0.39, 0.29) is 21.4 Å². The molecular weight excluding hydrogens is 446 g/mol. The number of nitrogens with zero attached hydrogens (tertiary/aromatic N) is 2. The first-order valence-corrected chi connectivity index (χ1v) is 13.1. The minimum atomic E-state index is -3.61. The van der Waals surface area contributed by atoms with E-state index >= 15 is 0 Å². The van der Waals surface area contributed by atoms with Crippen molar-refractivity contribution in [3.05, 3.63) is 64.2 Å². The van der Waals surface area contributed by atoms with E-state index in [1.165, 1.54) is 33.6 Å². The number of carbonyl (C=O) groups is 1. The van der Waals surface area contributed by atoms with Gasteiger partial charge in [-0.1, -0.05) is 42.3 Å². The van der Waals surface area contributed by atoms with Crippen LogP contribution in [0.4, 0.5) is 0 Å². The number of fused-ring (bicyclic) bond motifs is 1. The standard InChI is InChI=1S/C24H30ClN3O3S/c25-23-10-9-21(32(30,31)28-14-4-1-5-15-28)17-22(23)24(29)26-12-6-13-27-16-11-19-7-2-3-8-20(19)18-27/h2-3,7-10,17H,1,4-6,11-16,18H2,(H,26,29). The fourth-order valence-corrected chi connectivity index (χ4v) is 6.19. The third-order valence-corrected chi connectivity index (χ3v) is 8.51. The minimum absolute atomic E-state index is 0.126. The van der Waals surface area contributed by atoms with Gasteiger partial charge < -0.3 is 5.32 Å². The molecule has 0 aliphatic carbocycles. The largest absolute Gasteiger partial charge is 0.352 e. The molecule has 32 heavy (non-hydrogen) atoms. The van der Waals surface area contributed by atoms with Gasteiger partial charge in [0.15, 0.2) is 0 Å². The topological polar surface area (TPSA) is 69.7 Å². The maximum absolute atomic E-state index is 12.9. The summed E-state index contributed by atoms with van der Waals surface area (Å²) in [6, 6.07) is 12.9. The Morgan fingerprint density at radius 1 is 1.00 bits per heavy atom. The Morgan fingerprint density at radius 2 is 1.75 bits per heavy atom. The van der Waals surface area contributed by atoms with Crippen LogP contribution in [-0.2, 0) is 23.0 Å². The Labute approximate surface area is 195 Å². The lowest BCUT2D eigenvalue weighted by Gasteiger charge is -2.28. The highest BCUT2D eigenvalue weighted by atomic mass is 35.5. The van der Waals surface area contributed by atoms with Crippen LogP contribution >= 0.6 is 11.6 Å². The molecule has 0 spiro atoms. The molecule has 6 nitrogen and oxygen atoms in total. The van der Waals surface area contributed by atoms with Crippen LogP contribution < -0.4 is 5.32 Å². The average Bonchev–Trinajstić information content (AvgIpc) is 2.82. The van der Waals surface area contributed by atoms with Gasteiger partial charge in [-0.25, -0.2) is 8.42 Å². The van der Waals surface area contributed by atoms with Gasteiger partial charge in [-0.2, -0.15) is 4.31 Å². The van der Waals surface area contributed by atoms with Crippen LogP contribution in [0.1, 0.15) is 47.2 Å². The summed E-state index contributed by atoms with van der Waals surface area (Å²) in [6.45, 7) is 4.41. The van der Waals surface area contributed by atoms with E-state index in [4.69, 9.17) is 11.6 Å². The summed E-state index contributed by atoms with van der Waals surface area (Å²) in [5.41, 5.74) is 3.00. The first-order valence-electron chi connectivity index (χ1n) is 11.3. The van der Waals surface area contributed by atoms with Crippen molar-refractivity contribution in [1.29, 1.82) is 0 Å². The van der Waals surface area contributed by atoms with Gasteiger partial charge in [-0.3, -0.25) is 9.69 Å². The third kappa shape index (κ3) is 5.34. The molecule has 0 saturated carbocycles. The lowest BCUT2D eigenvalue weighted by atomic mass is 10.00. The fourth-order valence-electron chi connectivity index (χ4n) is 4.44. The van der Waals surface area contributed by atoms with Gasteiger partial charge in [0, 0.05) is 39.3 Å². The van der Waals surface area contributed by atoms with Gasteiger partial charge in [0.05, 0.1) is 15.5 Å². The van der Waals surface area contributed by atoms with Gasteiger partial charge in [-0.15, -0.1) is 0 Å². The summed E-state index contributed by atoms with van der Waals surface area (Å²) in [5, 5.41) is 3.16. The number of rotatable bonds is 7. The second-order valence-electron chi connectivity index (χ2n) is 8.51. The molecule has 1 saturated heterocycles. The van der Waals surface area contributed by atoms with Crippen LogP contribution in [0.3, 0.4) is 0 Å². The predicted octanol–water partition coefficient (Wildman–Crippen LogP) is 3.69. The fraction of sp³-hybridized carbons (Fsp3) is 0.458. The number of piperidine rings is 1. The monoisotopic (exact) mass is 475 g/mol. The van der Waals surface area contributed by atoms with Crippen molar-refractivity contribution in [1.82, 2.24) is 14.5 Å². The highest BCUT2D eigenvalue weighted by Gasteiger charge is 2.27. The van der Waals surface area contributed by atoms with Crippen LogP contribution in [-0.4, -0.2) is 56.3 Å². The van der Waals surface area contributed by atoms with Gasteiger partial charge in [-0.05, 0) is 55.0 Å². The van der Waals surface area contributed by atoms with Crippen molar-refractivity contribution in [2.24, 2.45) is 0 Å². The van der Waals surface area contributed by atoms with Crippen molar-refractivity contribution in [2.75, 3.05) is 32.7 Å². The number of amides is 1. The smallest absolute Gasteiger partial charge is 0.252 e. The van der Waals surface area contributed by atoms with Gasteiger partial charge in [0.2, 0.25) is 10.0 Å². The molecule has 2 aliphatic heterocycles. The van der Waals surface area contributed by atoms with E-state index in [1.807, 2.05) is 0 Å². The summed E-state index contributed by atoms with van der Waals surface area (Å²) in [6.07, 6.45) is 4.64. The van der Waals surface area contributed by atoms with Crippen molar-refractivity contribution in [2.45, 2.75) is 43.5 Å². The van der Waals surface area contributed by atoms with Crippen LogP contribution in [0.25, 0.3) is 0 Å². The van der Waals surface area contributed by atoms with E-state index in [1.54, 1.807) is 0 Å². The van der Waals surface area contributed by atoms with Crippen molar-refractivity contribution >= 4 is 27.5 Å². The molecule has 0 atom stereocenters. The number of benzene rings is 2. The number of sulfonamides is 1. The summed E-state index contributed by atoms with van der Waals surface area (Å²) in [5.74, 6) is -0.338. The van der Waals surface area contributed by atoms with E-state index in [0.29, 0.717) is 19.6 Å². The number of carbonyl (C=O) groups excluding carboxylic acids is 1. The predicted molar refractivity (Wildman–Crippen MR) is 126 cm³/mol. The average molecular weight is 476 g/mol. The molecule has 1 amide bonds. The Bertz CT molecular complexity index is 1070.